The van der Waals surface area contributed by atoms with Gasteiger partial charge in [-0.15, -0.1) is 12.6 Å². The van der Waals surface area contributed by atoms with E-state index in [9.17, 15) is 0 Å². The summed E-state index contributed by atoms with van der Waals surface area (Å²) in [5.41, 5.74) is 6.19. The summed E-state index contributed by atoms with van der Waals surface area (Å²) in [6.07, 6.45) is 5.49. The third kappa shape index (κ3) is 5.88. The number of nitrogens with zero attached hydrogens (tertiary/aromatic N) is 1. The van der Waals surface area contributed by atoms with Crippen molar-refractivity contribution < 1.29 is 0 Å². The SMILES string of the molecule is CNCc1c[nH]c2cc(Nc3ccc(C(C)(C)C)cc3)ccc12.Sc1cccnc1. The lowest BCUT2D eigenvalue weighted by Crippen LogP contribution is -2.10. The van der Waals surface area contributed by atoms with Crippen molar-refractivity contribution in [3.8, 4) is 0 Å². The molecule has 4 nitrogen and oxygen atoms in total. The molecule has 0 saturated carbocycles. The van der Waals surface area contributed by atoms with E-state index in [1.54, 1.807) is 12.4 Å². The average Bonchev–Trinajstić information content (AvgIpc) is 3.11. The van der Waals surface area contributed by atoms with Gasteiger partial charge in [-0.25, -0.2) is 0 Å². The van der Waals surface area contributed by atoms with Gasteiger partial charge in [-0.2, -0.15) is 0 Å². The first-order chi connectivity index (χ1) is 14.4. The van der Waals surface area contributed by atoms with E-state index in [0.717, 1.165) is 28.3 Å². The molecule has 0 fully saturated rings. The van der Waals surface area contributed by atoms with Gasteiger partial charge < -0.3 is 15.6 Å². The van der Waals surface area contributed by atoms with E-state index in [0.29, 0.717) is 0 Å². The summed E-state index contributed by atoms with van der Waals surface area (Å²) in [5, 5.41) is 7.95. The molecule has 0 spiro atoms. The minimum absolute atomic E-state index is 0.186. The molecular weight excluding hydrogens is 388 g/mol. The molecule has 0 amide bonds. The van der Waals surface area contributed by atoms with Gasteiger partial charge in [-0.1, -0.05) is 39.0 Å². The third-order valence-corrected chi connectivity index (χ3v) is 5.08. The molecule has 30 heavy (non-hydrogen) atoms. The van der Waals surface area contributed by atoms with E-state index in [1.165, 1.54) is 16.5 Å². The predicted octanol–water partition coefficient (Wildman–Crippen LogP) is 6.30. The second kappa shape index (κ2) is 9.83. The van der Waals surface area contributed by atoms with Crippen molar-refractivity contribution in [2.75, 3.05) is 12.4 Å². The number of aromatic amines is 1. The lowest BCUT2D eigenvalue weighted by Gasteiger charge is -2.19. The van der Waals surface area contributed by atoms with Gasteiger partial charge in [0, 0.05) is 52.3 Å². The van der Waals surface area contributed by atoms with Crippen LogP contribution in [0.4, 0.5) is 11.4 Å². The Morgan fingerprint density at radius 1 is 1.00 bits per heavy atom. The Bertz CT molecular complexity index is 1060. The maximum absolute atomic E-state index is 4.02. The van der Waals surface area contributed by atoms with Crippen LogP contribution < -0.4 is 10.6 Å². The second-order valence-corrected chi connectivity index (χ2v) is 8.78. The highest BCUT2D eigenvalue weighted by molar-refractivity contribution is 7.80. The molecule has 0 unspecified atom stereocenters. The molecule has 3 N–H and O–H groups in total. The zero-order valence-electron chi connectivity index (χ0n) is 18.0. The summed E-state index contributed by atoms with van der Waals surface area (Å²) in [6, 6.07) is 18.9. The van der Waals surface area contributed by atoms with E-state index in [-0.39, 0.29) is 5.41 Å². The molecule has 5 heteroatoms. The van der Waals surface area contributed by atoms with Crippen LogP contribution in [0.15, 0.2) is 78.1 Å². The van der Waals surface area contributed by atoms with Gasteiger partial charge in [0.05, 0.1) is 0 Å². The number of hydrogen-bond acceptors (Lipinski definition) is 4. The minimum atomic E-state index is 0.186. The lowest BCUT2D eigenvalue weighted by molar-refractivity contribution is 0.590. The van der Waals surface area contributed by atoms with Crippen molar-refractivity contribution in [3.05, 3.63) is 84.3 Å². The van der Waals surface area contributed by atoms with Crippen LogP contribution >= 0.6 is 12.6 Å². The number of benzene rings is 2. The standard InChI is InChI=1S/C20H25N3.C5H5NS/c1-20(2,3)15-5-7-16(8-6-15)23-17-9-10-18-14(12-21-4)13-22-19(18)11-17;7-5-2-1-3-6-4-5/h5-11,13,21-23H,12H2,1-4H3;1-4,7H. The lowest BCUT2D eigenvalue weighted by atomic mass is 9.87. The molecule has 0 aliphatic carbocycles. The minimum Gasteiger partial charge on any atom is -0.361 e. The molecule has 0 saturated heterocycles. The number of fused-ring (bicyclic) bond motifs is 1. The summed E-state index contributed by atoms with van der Waals surface area (Å²) < 4.78 is 0. The van der Waals surface area contributed by atoms with E-state index in [2.05, 4.69) is 103 Å². The van der Waals surface area contributed by atoms with Gasteiger partial charge in [0.25, 0.3) is 0 Å². The predicted molar refractivity (Wildman–Crippen MR) is 131 cm³/mol. The van der Waals surface area contributed by atoms with E-state index >= 15 is 0 Å². The largest absolute Gasteiger partial charge is 0.361 e. The van der Waals surface area contributed by atoms with Crippen LogP contribution in [0, 0.1) is 0 Å². The topological polar surface area (TPSA) is 52.7 Å². The van der Waals surface area contributed by atoms with Crippen LogP contribution in [0.2, 0.25) is 0 Å². The van der Waals surface area contributed by atoms with Gasteiger partial charge in [0.2, 0.25) is 0 Å². The fourth-order valence-electron chi connectivity index (χ4n) is 3.17. The first kappa shape index (κ1) is 21.9. The van der Waals surface area contributed by atoms with E-state index in [1.807, 2.05) is 19.2 Å². The molecule has 0 radical (unpaired) electrons. The smallest absolute Gasteiger partial charge is 0.0478 e. The Hall–Kier alpha value is -2.76. The van der Waals surface area contributed by atoms with Gasteiger partial charge in [0.15, 0.2) is 0 Å². The van der Waals surface area contributed by atoms with Crippen molar-refractivity contribution in [2.45, 2.75) is 37.6 Å². The quantitative estimate of drug-likeness (QED) is 0.294. The third-order valence-electron chi connectivity index (χ3n) is 4.82. The molecule has 0 aliphatic rings. The summed E-state index contributed by atoms with van der Waals surface area (Å²) in [6.45, 7) is 7.58. The molecule has 0 bridgehead atoms. The van der Waals surface area contributed by atoms with Crippen LogP contribution in [-0.4, -0.2) is 17.0 Å². The highest BCUT2D eigenvalue weighted by atomic mass is 32.1. The second-order valence-electron chi connectivity index (χ2n) is 8.27. The van der Waals surface area contributed by atoms with Crippen molar-refractivity contribution >= 4 is 34.9 Å². The van der Waals surface area contributed by atoms with Gasteiger partial charge >= 0.3 is 0 Å². The molecular formula is C25H30N4S. The first-order valence-electron chi connectivity index (χ1n) is 10.1. The molecule has 2 aromatic carbocycles. The molecule has 4 aromatic rings. The normalized spacial score (nSPS) is 11.1. The highest BCUT2D eigenvalue weighted by Crippen LogP contribution is 2.27. The molecule has 0 aliphatic heterocycles. The molecule has 2 aromatic heterocycles. The van der Waals surface area contributed by atoms with E-state index < -0.39 is 0 Å². The van der Waals surface area contributed by atoms with Crippen LogP contribution in [0.25, 0.3) is 10.9 Å². The summed E-state index contributed by atoms with van der Waals surface area (Å²) in [7, 11) is 1.97. The summed E-state index contributed by atoms with van der Waals surface area (Å²) in [5.74, 6) is 0. The fourth-order valence-corrected chi connectivity index (χ4v) is 3.33. The Morgan fingerprint density at radius 3 is 2.30 bits per heavy atom. The molecule has 2 heterocycles. The number of pyridine rings is 1. The molecule has 4 rings (SSSR count). The average molecular weight is 419 g/mol. The van der Waals surface area contributed by atoms with Crippen LogP contribution in [0.3, 0.4) is 0 Å². The summed E-state index contributed by atoms with van der Waals surface area (Å²) in [4.78, 5) is 8.06. The molecule has 156 valence electrons. The zero-order chi connectivity index (χ0) is 21.6. The van der Waals surface area contributed by atoms with Gasteiger partial charge in [-0.3, -0.25) is 4.98 Å². The maximum Gasteiger partial charge on any atom is 0.0478 e. The first-order valence-corrected chi connectivity index (χ1v) is 10.5. The van der Waals surface area contributed by atoms with Crippen LogP contribution in [0.5, 0.6) is 0 Å². The van der Waals surface area contributed by atoms with Crippen molar-refractivity contribution in [1.29, 1.82) is 0 Å². The van der Waals surface area contributed by atoms with E-state index in [4.69, 9.17) is 0 Å². The van der Waals surface area contributed by atoms with Crippen molar-refractivity contribution in [2.24, 2.45) is 0 Å². The highest BCUT2D eigenvalue weighted by Gasteiger charge is 2.12. The molecule has 0 atom stereocenters. The number of nitrogens with one attached hydrogen (secondary N) is 3. The fraction of sp³-hybridized carbons (Fsp3) is 0.240. The Morgan fingerprint density at radius 2 is 1.73 bits per heavy atom. The van der Waals surface area contributed by atoms with Gasteiger partial charge in [0.1, 0.15) is 0 Å². The summed E-state index contributed by atoms with van der Waals surface area (Å²) >= 11 is 4.02. The number of rotatable bonds is 4. The maximum atomic E-state index is 4.02. The van der Waals surface area contributed by atoms with Gasteiger partial charge in [-0.05, 0) is 60.0 Å². The number of aromatic nitrogens is 2. The number of thiol groups is 1. The Kier molecular flexibility index (Phi) is 7.19. The van der Waals surface area contributed by atoms with Crippen LogP contribution in [-0.2, 0) is 12.0 Å². The Balaban J connectivity index is 0.000000310. The number of hydrogen-bond donors (Lipinski definition) is 4. The number of anilines is 2. The van der Waals surface area contributed by atoms with Crippen LogP contribution in [0.1, 0.15) is 31.9 Å². The van der Waals surface area contributed by atoms with Crippen molar-refractivity contribution in [3.63, 3.8) is 0 Å². The monoisotopic (exact) mass is 418 g/mol. The number of H-pyrrole nitrogens is 1. The zero-order valence-corrected chi connectivity index (χ0v) is 18.9. The van der Waals surface area contributed by atoms with Crippen molar-refractivity contribution in [1.82, 2.24) is 15.3 Å². The Labute approximate surface area is 184 Å².